The molecule has 6 nitrogen and oxygen atoms in total. The van der Waals surface area contributed by atoms with Crippen LogP contribution < -0.4 is 15.0 Å². The second-order valence-corrected chi connectivity index (χ2v) is 8.54. The van der Waals surface area contributed by atoms with E-state index in [4.69, 9.17) is 27.9 Å². The second-order valence-electron chi connectivity index (χ2n) is 7.72. The van der Waals surface area contributed by atoms with Gasteiger partial charge in [-0.05, 0) is 62.4 Å². The summed E-state index contributed by atoms with van der Waals surface area (Å²) in [5.74, 6) is -2.30. The fourth-order valence-corrected chi connectivity index (χ4v) is 3.38. The number of nitrogens with one attached hydrogen (secondary N) is 1. The number of anilines is 2. The van der Waals surface area contributed by atoms with Gasteiger partial charge in [0.2, 0.25) is 0 Å². The molecule has 34 heavy (non-hydrogen) atoms. The predicted molar refractivity (Wildman–Crippen MR) is 127 cm³/mol. The molecular formula is C24H20Cl2F2N2O4. The number of carboxylic acid groups (broad SMARTS) is 1. The van der Waals surface area contributed by atoms with Crippen LogP contribution >= 0.6 is 23.2 Å². The number of hydrogen-bond acceptors (Lipinski definition) is 3. The van der Waals surface area contributed by atoms with Crippen molar-refractivity contribution in [1.82, 2.24) is 0 Å². The molecule has 0 aromatic heterocycles. The number of hydrogen-bond donors (Lipinski definition) is 2. The van der Waals surface area contributed by atoms with Gasteiger partial charge in [-0.3, -0.25) is 4.90 Å². The number of nitrogens with zero attached hydrogens (tertiary/aromatic N) is 1. The highest BCUT2D eigenvalue weighted by atomic mass is 35.5. The molecule has 0 saturated heterocycles. The molecule has 178 valence electrons. The first-order valence-corrected chi connectivity index (χ1v) is 10.7. The third kappa shape index (κ3) is 5.76. The van der Waals surface area contributed by atoms with Crippen LogP contribution in [0.5, 0.6) is 5.75 Å². The summed E-state index contributed by atoms with van der Waals surface area (Å²) in [6, 6.07) is 13.1. The number of carboxylic acids is 1. The van der Waals surface area contributed by atoms with Crippen molar-refractivity contribution in [3.05, 3.63) is 87.9 Å². The van der Waals surface area contributed by atoms with Gasteiger partial charge in [0.15, 0.2) is 5.60 Å². The molecule has 2 amide bonds. The van der Waals surface area contributed by atoms with Crippen LogP contribution in [0.3, 0.4) is 0 Å². The predicted octanol–water partition coefficient (Wildman–Crippen LogP) is 6.75. The third-order valence-corrected chi connectivity index (χ3v) is 5.52. The summed E-state index contributed by atoms with van der Waals surface area (Å²) in [4.78, 5) is 25.6. The highest BCUT2D eigenvalue weighted by Gasteiger charge is 2.29. The maximum atomic E-state index is 14.5. The SMILES string of the molecule is CC(C)(Oc1ccc(N(Cc2c(F)cccc2Cl)C(=O)Nc2c(F)cccc2Cl)cc1)C(=O)O. The van der Waals surface area contributed by atoms with Gasteiger partial charge in [-0.15, -0.1) is 0 Å². The fourth-order valence-electron chi connectivity index (χ4n) is 2.95. The number of benzene rings is 3. The summed E-state index contributed by atoms with van der Waals surface area (Å²) in [6.45, 7) is 2.49. The number of halogens is 4. The molecule has 0 unspecified atom stereocenters. The van der Waals surface area contributed by atoms with Gasteiger partial charge in [0.05, 0.1) is 17.3 Å². The zero-order valence-electron chi connectivity index (χ0n) is 18.1. The molecule has 3 aromatic rings. The zero-order valence-corrected chi connectivity index (χ0v) is 19.6. The van der Waals surface area contributed by atoms with Gasteiger partial charge in [-0.2, -0.15) is 0 Å². The van der Waals surface area contributed by atoms with Gasteiger partial charge in [0.1, 0.15) is 17.4 Å². The average Bonchev–Trinajstić information content (AvgIpc) is 2.76. The molecule has 10 heteroatoms. The first kappa shape index (κ1) is 25.3. The Hall–Kier alpha value is -3.36. The Morgan fingerprint density at radius 3 is 2.12 bits per heavy atom. The lowest BCUT2D eigenvalue weighted by Crippen LogP contribution is -2.38. The Morgan fingerprint density at radius 2 is 1.56 bits per heavy atom. The van der Waals surface area contributed by atoms with Crippen LogP contribution in [0.4, 0.5) is 25.0 Å². The fraction of sp³-hybridized carbons (Fsp3) is 0.167. The van der Waals surface area contributed by atoms with Crippen molar-refractivity contribution in [2.75, 3.05) is 10.2 Å². The maximum absolute atomic E-state index is 14.5. The van der Waals surface area contributed by atoms with E-state index in [2.05, 4.69) is 5.32 Å². The average molecular weight is 509 g/mol. The Balaban J connectivity index is 1.96. The third-order valence-electron chi connectivity index (χ3n) is 4.85. The number of urea groups is 1. The summed E-state index contributed by atoms with van der Waals surface area (Å²) < 4.78 is 34.2. The van der Waals surface area contributed by atoms with E-state index >= 15 is 0 Å². The van der Waals surface area contributed by atoms with Crippen molar-refractivity contribution in [2.24, 2.45) is 0 Å². The molecule has 0 heterocycles. The number of carbonyl (C=O) groups is 2. The van der Waals surface area contributed by atoms with Crippen LogP contribution in [0.2, 0.25) is 10.0 Å². The van der Waals surface area contributed by atoms with E-state index in [-0.39, 0.29) is 39.3 Å². The van der Waals surface area contributed by atoms with E-state index in [1.54, 1.807) is 0 Å². The quantitative estimate of drug-likeness (QED) is 0.369. The van der Waals surface area contributed by atoms with Crippen molar-refractivity contribution in [3.63, 3.8) is 0 Å². The molecule has 0 aliphatic heterocycles. The van der Waals surface area contributed by atoms with Gasteiger partial charge in [-0.1, -0.05) is 35.3 Å². The number of ether oxygens (including phenoxy) is 1. The molecular weight excluding hydrogens is 489 g/mol. The van der Waals surface area contributed by atoms with E-state index in [1.165, 1.54) is 68.4 Å². The lowest BCUT2D eigenvalue weighted by Gasteiger charge is -2.26. The zero-order chi connectivity index (χ0) is 25.0. The largest absolute Gasteiger partial charge is 0.478 e. The topological polar surface area (TPSA) is 78.9 Å². The van der Waals surface area contributed by atoms with Crippen LogP contribution in [0.25, 0.3) is 0 Å². The van der Waals surface area contributed by atoms with Gasteiger partial charge < -0.3 is 15.2 Å². The molecule has 3 aromatic carbocycles. The molecule has 0 bridgehead atoms. The Morgan fingerprint density at radius 1 is 0.971 bits per heavy atom. The van der Waals surface area contributed by atoms with Gasteiger partial charge in [0.25, 0.3) is 0 Å². The van der Waals surface area contributed by atoms with E-state index in [0.717, 1.165) is 11.0 Å². The number of para-hydroxylation sites is 1. The van der Waals surface area contributed by atoms with Gasteiger partial charge in [0, 0.05) is 16.3 Å². The monoisotopic (exact) mass is 508 g/mol. The molecule has 0 radical (unpaired) electrons. The molecule has 0 saturated carbocycles. The van der Waals surface area contributed by atoms with E-state index in [9.17, 15) is 23.5 Å². The molecule has 2 N–H and O–H groups in total. The molecule has 0 spiro atoms. The van der Waals surface area contributed by atoms with Crippen molar-refractivity contribution < 1.29 is 28.2 Å². The molecule has 0 aliphatic rings. The van der Waals surface area contributed by atoms with Crippen LogP contribution in [0.15, 0.2) is 60.7 Å². The minimum Gasteiger partial charge on any atom is -0.478 e. The lowest BCUT2D eigenvalue weighted by molar-refractivity contribution is -0.152. The minimum atomic E-state index is -1.49. The highest BCUT2D eigenvalue weighted by molar-refractivity contribution is 6.34. The second kappa shape index (κ2) is 10.3. The maximum Gasteiger partial charge on any atom is 0.347 e. The first-order valence-electron chi connectivity index (χ1n) is 9.97. The number of aliphatic carboxylic acids is 1. The number of amides is 2. The van der Waals surface area contributed by atoms with Crippen LogP contribution in [0.1, 0.15) is 19.4 Å². The lowest BCUT2D eigenvalue weighted by atomic mass is 10.1. The Labute approximate surface area is 204 Å². The molecule has 3 rings (SSSR count). The van der Waals surface area contributed by atoms with Crippen molar-refractivity contribution in [1.29, 1.82) is 0 Å². The summed E-state index contributed by atoms with van der Waals surface area (Å²) in [5.41, 5.74) is -1.39. The van der Waals surface area contributed by atoms with Crippen molar-refractivity contribution >= 4 is 46.6 Å². The molecule has 0 fully saturated rings. The Kier molecular flexibility index (Phi) is 7.64. The van der Waals surface area contributed by atoms with E-state index in [0.29, 0.717) is 0 Å². The molecule has 0 atom stereocenters. The summed E-state index contributed by atoms with van der Waals surface area (Å²) in [7, 11) is 0. The summed E-state index contributed by atoms with van der Waals surface area (Å²) >= 11 is 12.2. The van der Waals surface area contributed by atoms with Crippen molar-refractivity contribution in [3.8, 4) is 5.75 Å². The normalized spacial score (nSPS) is 11.1. The standard InChI is InChI=1S/C24H20Cl2F2N2O4/c1-24(2,22(31)32)34-15-11-9-14(10-12-15)30(13-16-17(25)5-3-7-19(16)27)23(33)29-21-18(26)6-4-8-20(21)28/h3-12H,13H2,1-2H3,(H,29,33)(H,31,32). The van der Waals surface area contributed by atoms with Crippen molar-refractivity contribution in [2.45, 2.75) is 26.0 Å². The van der Waals surface area contributed by atoms with E-state index < -0.39 is 29.2 Å². The number of rotatable bonds is 7. The van der Waals surface area contributed by atoms with Gasteiger partial charge in [-0.25, -0.2) is 18.4 Å². The van der Waals surface area contributed by atoms with Crippen LogP contribution in [-0.4, -0.2) is 22.7 Å². The summed E-state index contributed by atoms with van der Waals surface area (Å²) in [6.07, 6.45) is 0. The highest BCUT2D eigenvalue weighted by Crippen LogP contribution is 2.30. The number of carbonyl (C=O) groups excluding carboxylic acids is 1. The van der Waals surface area contributed by atoms with Crippen LogP contribution in [-0.2, 0) is 11.3 Å². The van der Waals surface area contributed by atoms with Gasteiger partial charge >= 0.3 is 12.0 Å². The Bertz CT molecular complexity index is 1180. The molecule has 0 aliphatic carbocycles. The minimum absolute atomic E-state index is 0.0168. The smallest absolute Gasteiger partial charge is 0.347 e. The van der Waals surface area contributed by atoms with E-state index in [1.807, 2.05) is 0 Å². The first-order chi connectivity index (χ1) is 16.0. The summed E-state index contributed by atoms with van der Waals surface area (Å²) in [5, 5.41) is 11.7. The van der Waals surface area contributed by atoms with Crippen LogP contribution in [0, 0.1) is 11.6 Å².